The van der Waals surface area contributed by atoms with Crippen LogP contribution in [-0.4, -0.2) is 36.2 Å². The number of amides is 1. The molecule has 0 spiro atoms. The van der Waals surface area contributed by atoms with E-state index < -0.39 is 11.6 Å². The Hall–Kier alpha value is -1.88. The fourth-order valence-corrected chi connectivity index (χ4v) is 1.90. The Morgan fingerprint density at radius 1 is 1.41 bits per heavy atom. The second kappa shape index (κ2) is 4.55. The zero-order chi connectivity index (χ0) is 12.3. The summed E-state index contributed by atoms with van der Waals surface area (Å²) in [5.41, 5.74) is 1.07. The first kappa shape index (κ1) is 11.6. The van der Waals surface area contributed by atoms with Crippen LogP contribution in [0.5, 0.6) is 0 Å². The molecule has 1 heterocycles. The number of nitrogens with one attached hydrogen (secondary N) is 1. The van der Waals surface area contributed by atoms with Crippen LogP contribution < -0.4 is 5.32 Å². The SMILES string of the molecule is O=Cc1ccc(CC2(NC(=O)O)COC2)cc1. The van der Waals surface area contributed by atoms with Crippen molar-refractivity contribution in [1.29, 1.82) is 0 Å². The molecule has 0 aromatic heterocycles. The molecule has 1 aliphatic rings. The highest BCUT2D eigenvalue weighted by atomic mass is 16.5. The zero-order valence-corrected chi connectivity index (χ0v) is 9.18. The van der Waals surface area contributed by atoms with E-state index >= 15 is 0 Å². The number of hydrogen-bond acceptors (Lipinski definition) is 3. The molecule has 1 aromatic carbocycles. The number of carbonyl (C=O) groups excluding carboxylic acids is 1. The number of rotatable bonds is 4. The highest BCUT2D eigenvalue weighted by Gasteiger charge is 2.40. The second-order valence-electron chi connectivity index (χ2n) is 4.24. The smallest absolute Gasteiger partial charge is 0.405 e. The van der Waals surface area contributed by atoms with E-state index in [2.05, 4.69) is 5.32 Å². The van der Waals surface area contributed by atoms with E-state index in [4.69, 9.17) is 9.84 Å². The lowest BCUT2D eigenvalue weighted by Gasteiger charge is -2.41. The van der Waals surface area contributed by atoms with Crippen molar-refractivity contribution < 1.29 is 19.4 Å². The van der Waals surface area contributed by atoms with Crippen molar-refractivity contribution in [3.8, 4) is 0 Å². The first-order chi connectivity index (χ1) is 8.13. The number of aldehydes is 1. The van der Waals surface area contributed by atoms with Crippen LogP contribution in [-0.2, 0) is 11.2 Å². The van der Waals surface area contributed by atoms with Crippen LogP contribution in [0.2, 0.25) is 0 Å². The van der Waals surface area contributed by atoms with Gasteiger partial charge in [-0.1, -0.05) is 24.3 Å². The van der Waals surface area contributed by atoms with Gasteiger partial charge in [0.15, 0.2) is 0 Å². The van der Waals surface area contributed by atoms with Crippen LogP contribution in [0.3, 0.4) is 0 Å². The predicted octanol–water partition coefficient (Wildman–Crippen LogP) is 1.08. The molecule has 17 heavy (non-hydrogen) atoms. The summed E-state index contributed by atoms with van der Waals surface area (Å²) in [4.78, 5) is 21.2. The molecule has 2 N–H and O–H groups in total. The van der Waals surface area contributed by atoms with E-state index in [1.807, 2.05) is 12.1 Å². The first-order valence-electron chi connectivity index (χ1n) is 5.27. The van der Waals surface area contributed by atoms with E-state index in [0.29, 0.717) is 25.2 Å². The number of ether oxygens (including phenoxy) is 1. The average Bonchev–Trinajstić information content (AvgIpc) is 2.26. The van der Waals surface area contributed by atoms with Crippen molar-refractivity contribution in [3.63, 3.8) is 0 Å². The van der Waals surface area contributed by atoms with Crippen molar-refractivity contribution in [2.24, 2.45) is 0 Å². The molecule has 0 atom stereocenters. The highest BCUT2D eigenvalue weighted by Crippen LogP contribution is 2.22. The number of carbonyl (C=O) groups is 2. The van der Waals surface area contributed by atoms with Crippen LogP contribution in [0.1, 0.15) is 15.9 Å². The Morgan fingerprint density at radius 3 is 2.47 bits per heavy atom. The van der Waals surface area contributed by atoms with Crippen molar-refractivity contribution in [3.05, 3.63) is 35.4 Å². The Balaban J connectivity index is 2.07. The number of carboxylic acid groups (broad SMARTS) is 1. The van der Waals surface area contributed by atoms with Gasteiger partial charge >= 0.3 is 6.09 Å². The van der Waals surface area contributed by atoms with Crippen molar-refractivity contribution in [2.45, 2.75) is 12.0 Å². The molecule has 0 aliphatic carbocycles. The highest BCUT2D eigenvalue weighted by molar-refractivity contribution is 5.74. The van der Waals surface area contributed by atoms with Crippen LogP contribution in [0.25, 0.3) is 0 Å². The predicted molar refractivity (Wildman–Crippen MR) is 60.2 cm³/mol. The molecule has 1 saturated heterocycles. The summed E-state index contributed by atoms with van der Waals surface area (Å²) in [6.45, 7) is 0.767. The summed E-state index contributed by atoms with van der Waals surface area (Å²) in [6, 6.07) is 7.09. The summed E-state index contributed by atoms with van der Waals surface area (Å²) < 4.78 is 5.07. The fourth-order valence-electron chi connectivity index (χ4n) is 1.90. The van der Waals surface area contributed by atoms with E-state index in [-0.39, 0.29) is 0 Å². The monoisotopic (exact) mass is 235 g/mol. The van der Waals surface area contributed by atoms with Crippen LogP contribution in [0, 0.1) is 0 Å². The minimum atomic E-state index is -1.04. The van der Waals surface area contributed by atoms with Crippen LogP contribution >= 0.6 is 0 Å². The lowest BCUT2D eigenvalue weighted by Crippen LogP contribution is -2.63. The van der Waals surface area contributed by atoms with E-state index in [1.54, 1.807) is 12.1 Å². The van der Waals surface area contributed by atoms with Gasteiger partial charge in [0.2, 0.25) is 0 Å². The summed E-state index contributed by atoms with van der Waals surface area (Å²) >= 11 is 0. The Morgan fingerprint density at radius 2 is 2.06 bits per heavy atom. The molecular weight excluding hydrogens is 222 g/mol. The molecule has 1 fully saturated rings. The van der Waals surface area contributed by atoms with Gasteiger partial charge in [-0.15, -0.1) is 0 Å². The summed E-state index contributed by atoms with van der Waals surface area (Å²) in [5, 5.41) is 11.3. The molecule has 0 saturated carbocycles. The van der Waals surface area contributed by atoms with Gasteiger partial charge < -0.3 is 15.2 Å². The van der Waals surface area contributed by atoms with Gasteiger partial charge in [-0.25, -0.2) is 4.79 Å². The molecule has 1 aromatic rings. The maximum Gasteiger partial charge on any atom is 0.405 e. The van der Waals surface area contributed by atoms with Gasteiger partial charge in [-0.3, -0.25) is 4.79 Å². The maximum absolute atomic E-state index is 10.7. The molecular formula is C12H13NO4. The van der Waals surface area contributed by atoms with Crippen LogP contribution in [0.4, 0.5) is 4.79 Å². The molecule has 2 rings (SSSR count). The Labute approximate surface area is 98.4 Å². The third kappa shape index (κ3) is 2.62. The molecule has 5 heteroatoms. The molecule has 0 radical (unpaired) electrons. The third-order valence-corrected chi connectivity index (χ3v) is 2.79. The van der Waals surface area contributed by atoms with E-state index in [1.165, 1.54) is 0 Å². The molecule has 1 amide bonds. The minimum Gasteiger partial charge on any atom is -0.465 e. The van der Waals surface area contributed by atoms with Gasteiger partial charge in [-0.05, 0) is 5.56 Å². The fraction of sp³-hybridized carbons (Fsp3) is 0.333. The second-order valence-corrected chi connectivity index (χ2v) is 4.24. The van der Waals surface area contributed by atoms with Crippen molar-refractivity contribution in [1.82, 2.24) is 5.32 Å². The lowest BCUT2D eigenvalue weighted by molar-refractivity contribution is -0.0699. The van der Waals surface area contributed by atoms with Crippen molar-refractivity contribution in [2.75, 3.05) is 13.2 Å². The standard InChI is InChI=1S/C12H13NO4/c14-6-10-3-1-9(2-4-10)5-12(7-17-8-12)13-11(15)16/h1-4,6,13H,5,7-8H2,(H,15,16). The summed E-state index contributed by atoms with van der Waals surface area (Å²) in [6.07, 6.45) is 0.303. The lowest BCUT2D eigenvalue weighted by atomic mass is 9.89. The van der Waals surface area contributed by atoms with Gasteiger partial charge in [-0.2, -0.15) is 0 Å². The van der Waals surface area contributed by atoms with Gasteiger partial charge in [0.05, 0.1) is 18.8 Å². The molecule has 1 aliphatic heterocycles. The molecule has 90 valence electrons. The zero-order valence-electron chi connectivity index (χ0n) is 9.18. The normalized spacial score (nSPS) is 16.9. The molecule has 0 bridgehead atoms. The van der Waals surface area contributed by atoms with E-state index in [9.17, 15) is 9.59 Å². The van der Waals surface area contributed by atoms with Gasteiger partial charge in [0.25, 0.3) is 0 Å². The maximum atomic E-state index is 10.7. The minimum absolute atomic E-state index is 0.384. The summed E-state index contributed by atoms with van der Waals surface area (Å²) in [5.74, 6) is 0. The van der Waals surface area contributed by atoms with Crippen molar-refractivity contribution >= 4 is 12.4 Å². The Bertz CT molecular complexity index is 423. The molecule has 5 nitrogen and oxygen atoms in total. The Kier molecular flexibility index (Phi) is 3.10. The van der Waals surface area contributed by atoms with Gasteiger partial charge in [0.1, 0.15) is 6.29 Å². The quantitative estimate of drug-likeness (QED) is 0.766. The third-order valence-electron chi connectivity index (χ3n) is 2.79. The molecule has 0 unspecified atom stereocenters. The summed E-state index contributed by atoms with van der Waals surface area (Å²) in [7, 11) is 0. The topological polar surface area (TPSA) is 75.6 Å². The largest absolute Gasteiger partial charge is 0.465 e. The first-order valence-corrected chi connectivity index (χ1v) is 5.27. The number of benzene rings is 1. The van der Waals surface area contributed by atoms with Gasteiger partial charge in [0, 0.05) is 12.0 Å². The average molecular weight is 235 g/mol. The van der Waals surface area contributed by atoms with Crippen LogP contribution in [0.15, 0.2) is 24.3 Å². The van der Waals surface area contributed by atoms with E-state index in [0.717, 1.165) is 11.8 Å². The number of hydrogen-bond donors (Lipinski definition) is 2.